The first-order valence-corrected chi connectivity index (χ1v) is 9.77. The second kappa shape index (κ2) is 8.01. The normalized spacial score (nSPS) is 17.2. The fourth-order valence-electron chi connectivity index (χ4n) is 3.80. The van der Waals surface area contributed by atoms with E-state index in [1.165, 1.54) is 5.56 Å². The van der Waals surface area contributed by atoms with Crippen LogP contribution in [0.3, 0.4) is 0 Å². The molecule has 27 heavy (non-hydrogen) atoms. The van der Waals surface area contributed by atoms with Crippen molar-refractivity contribution in [3.8, 4) is 0 Å². The van der Waals surface area contributed by atoms with Gasteiger partial charge in [-0.2, -0.15) is 0 Å². The van der Waals surface area contributed by atoms with Gasteiger partial charge < -0.3 is 15.2 Å². The number of pyridine rings is 1. The lowest BCUT2D eigenvalue weighted by Gasteiger charge is -2.33. The molecule has 2 N–H and O–H groups in total. The van der Waals surface area contributed by atoms with E-state index in [-0.39, 0.29) is 11.8 Å². The number of carbonyl (C=O) groups excluding carboxylic acids is 1. The number of nitrogens with zero attached hydrogens (tertiary/aromatic N) is 2. The first-order valence-electron chi connectivity index (χ1n) is 9.39. The molecule has 1 saturated heterocycles. The zero-order valence-corrected chi connectivity index (χ0v) is 15.9. The predicted octanol–water partition coefficient (Wildman–Crippen LogP) is 3.79. The Morgan fingerprint density at radius 1 is 1.30 bits per heavy atom. The van der Waals surface area contributed by atoms with Crippen molar-refractivity contribution in [3.05, 3.63) is 59.5 Å². The van der Waals surface area contributed by atoms with E-state index in [1.54, 1.807) is 12.4 Å². The highest BCUT2D eigenvalue weighted by Gasteiger charge is 2.25. The molecule has 1 aromatic carbocycles. The average Bonchev–Trinajstić information content (AvgIpc) is 3.11. The fraction of sp³-hybridized carbons (Fsp3) is 0.333. The molecule has 5 nitrogen and oxygen atoms in total. The van der Waals surface area contributed by atoms with Crippen LogP contribution in [0.15, 0.2) is 48.9 Å². The molecule has 1 amide bonds. The number of benzene rings is 1. The maximum Gasteiger partial charge on any atom is 0.224 e. The first kappa shape index (κ1) is 17.9. The maximum atomic E-state index is 12.6. The Kier molecular flexibility index (Phi) is 5.30. The predicted molar refractivity (Wildman–Crippen MR) is 109 cm³/mol. The van der Waals surface area contributed by atoms with Gasteiger partial charge in [-0.25, -0.2) is 0 Å². The number of halogens is 1. The van der Waals surface area contributed by atoms with Crippen molar-refractivity contribution in [3.63, 3.8) is 0 Å². The van der Waals surface area contributed by atoms with Gasteiger partial charge in [0.25, 0.3) is 0 Å². The molecule has 0 radical (unpaired) electrons. The Labute approximate surface area is 163 Å². The van der Waals surface area contributed by atoms with Crippen LogP contribution in [0.4, 0.5) is 5.69 Å². The molecular formula is C21H23ClN4O. The van der Waals surface area contributed by atoms with Crippen LogP contribution < -0.4 is 10.2 Å². The van der Waals surface area contributed by atoms with Gasteiger partial charge in [0.1, 0.15) is 0 Å². The second-order valence-corrected chi connectivity index (χ2v) is 7.47. The van der Waals surface area contributed by atoms with E-state index in [1.807, 2.05) is 36.5 Å². The molecule has 1 fully saturated rings. The zero-order chi connectivity index (χ0) is 18.6. The third kappa shape index (κ3) is 4.08. The van der Waals surface area contributed by atoms with Crippen LogP contribution in [0.1, 0.15) is 18.4 Å². The summed E-state index contributed by atoms with van der Waals surface area (Å²) in [6.07, 6.45) is 8.35. The van der Waals surface area contributed by atoms with E-state index < -0.39 is 0 Å². The Balaban J connectivity index is 1.33. The minimum absolute atomic E-state index is 0.0318. The smallest absolute Gasteiger partial charge is 0.224 e. The number of hydrogen-bond donors (Lipinski definition) is 2. The van der Waals surface area contributed by atoms with Crippen LogP contribution in [-0.4, -0.2) is 35.5 Å². The molecule has 0 spiro atoms. The van der Waals surface area contributed by atoms with Crippen LogP contribution in [0, 0.1) is 5.92 Å². The molecule has 1 unspecified atom stereocenters. The largest absolute Gasteiger partial charge is 0.371 e. The Bertz CT molecular complexity index is 924. The summed E-state index contributed by atoms with van der Waals surface area (Å²) in [7, 11) is 0. The minimum Gasteiger partial charge on any atom is -0.371 e. The molecule has 1 aliphatic heterocycles. The van der Waals surface area contributed by atoms with E-state index in [0.717, 1.165) is 54.0 Å². The molecule has 6 heteroatoms. The molecule has 140 valence electrons. The molecule has 1 atom stereocenters. The van der Waals surface area contributed by atoms with Crippen molar-refractivity contribution in [1.29, 1.82) is 0 Å². The van der Waals surface area contributed by atoms with Crippen molar-refractivity contribution in [2.24, 2.45) is 5.92 Å². The standard InChI is InChI=1S/C21H23ClN4O/c22-17-3-4-20-19(12-17)15(13-25-20)5-10-24-21(27)16-2-1-11-26(14-16)18-6-8-23-9-7-18/h3-4,6-9,12-13,16,25H,1-2,5,10-11,14H2,(H,24,27). The van der Waals surface area contributed by atoms with Crippen molar-refractivity contribution < 1.29 is 4.79 Å². The third-order valence-corrected chi connectivity index (χ3v) is 5.48. The number of rotatable bonds is 5. The summed E-state index contributed by atoms with van der Waals surface area (Å²) >= 11 is 6.11. The molecule has 1 aliphatic rings. The van der Waals surface area contributed by atoms with Gasteiger partial charge in [-0.3, -0.25) is 9.78 Å². The van der Waals surface area contributed by atoms with Gasteiger partial charge in [0.15, 0.2) is 0 Å². The lowest BCUT2D eigenvalue weighted by Crippen LogP contribution is -2.43. The highest BCUT2D eigenvalue weighted by Crippen LogP contribution is 2.24. The molecule has 0 saturated carbocycles. The number of amides is 1. The van der Waals surface area contributed by atoms with Gasteiger partial charge in [0.2, 0.25) is 5.91 Å². The molecule has 3 heterocycles. The Hall–Kier alpha value is -2.53. The van der Waals surface area contributed by atoms with Gasteiger partial charge in [0, 0.05) is 59.8 Å². The Morgan fingerprint density at radius 3 is 3.00 bits per heavy atom. The van der Waals surface area contributed by atoms with Crippen LogP contribution in [0.2, 0.25) is 5.02 Å². The number of carbonyl (C=O) groups is 1. The number of nitrogens with one attached hydrogen (secondary N) is 2. The van der Waals surface area contributed by atoms with E-state index in [0.29, 0.717) is 6.54 Å². The number of fused-ring (bicyclic) bond motifs is 1. The van der Waals surface area contributed by atoms with Crippen LogP contribution >= 0.6 is 11.6 Å². The zero-order valence-electron chi connectivity index (χ0n) is 15.1. The number of piperidine rings is 1. The number of aromatic nitrogens is 2. The Morgan fingerprint density at radius 2 is 2.15 bits per heavy atom. The van der Waals surface area contributed by atoms with E-state index in [9.17, 15) is 4.79 Å². The highest BCUT2D eigenvalue weighted by molar-refractivity contribution is 6.31. The average molecular weight is 383 g/mol. The third-order valence-electron chi connectivity index (χ3n) is 5.24. The molecule has 0 aliphatic carbocycles. The maximum absolute atomic E-state index is 12.6. The summed E-state index contributed by atoms with van der Waals surface area (Å²) in [5, 5.41) is 4.97. The summed E-state index contributed by atoms with van der Waals surface area (Å²) in [5.74, 6) is 0.177. The lowest BCUT2D eigenvalue weighted by atomic mass is 9.96. The molecule has 2 aromatic heterocycles. The second-order valence-electron chi connectivity index (χ2n) is 7.04. The summed E-state index contributed by atoms with van der Waals surface area (Å²) in [4.78, 5) is 22.2. The highest BCUT2D eigenvalue weighted by atomic mass is 35.5. The number of H-pyrrole nitrogens is 1. The summed E-state index contributed by atoms with van der Waals surface area (Å²) in [6.45, 7) is 2.38. The molecule has 3 aromatic rings. The van der Waals surface area contributed by atoms with Gasteiger partial charge in [-0.15, -0.1) is 0 Å². The summed E-state index contributed by atoms with van der Waals surface area (Å²) < 4.78 is 0. The van der Waals surface area contributed by atoms with Crippen molar-refractivity contribution in [1.82, 2.24) is 15.3 Å². The lowest BCUT2D eigenvalue weighted by molar-refractivity contribution is -0.125. The number of anilines is 1. The topological polar surface area (TPSA) is 61.0 Å². The summed E-state index contributed by atoms with van der Waals surface area (Å²) in [6, 6.07) is 9.84. The van der Waals surface area contributed by atoms with Crippen molar-refractivity contribution in [2.45, 2.75) is 19.3 Å². The van der Waals surface area contributed by atoms with Gasteiger partial charge >= 0.3 is 0 Å². The van der Waals surface area contributed by atoms with Gasteiger partial charge in [-0.05, 0) is 55.2 Å². The van der Waals surface area contributed by atoms with Gasteiger partial charge in [0.05, 0.1) is 5.92 Å². The fourth-order valence-corrected chi connectivity index (χ4v) is 3.97. The monoisotopic (exact) mass is 382 g/mol. The molecular weight excluding hydrogens is 360 g/mol. The van der Waals surface area contributed by atoms with E-state index in [4.69, 9.17) is 11.6 Å². The summed E-state index contributed by atoms with van der Waals surface area (Å²) in [5.41, 5.74) is 3.38. The quantitative estimate of drug-likeness (QED) is 0.705. The number of hydrogen-bond acceptors (Lipinski definition) is 3. The number of aromatic amines is 1. The van der Waals surface area contributed by atoms with Crippen molar-refractivity contribution >= 4 is 34.1 Å². The van der Waals surface area contributed by atoms with Crippen LogP contribution in [-0.2, 0) is 11.2 Å². The van der Waals surface area contributed by atoms with Crippen LogP contribution in [0.25, 0.3) is 10.9 Å². The minimum atomic E-state index is 0.0318. The van der Waals surface area contributed by atoms with Crippen molar-refractivity contribution in [2.75, 3.05) is 24.5 Å². The molecule has 4 rings (SSSR count). The first-order chi connectivity index (χ1) is 13.2. The SMILES string of the molecule is O=C(NCCc1c[nH]c2ccc(Cl)cc12)C1CCCN(c2ccncc2)C1. The molecule has 0 bridgehead atoms. The van der Waals surface area contributed by atoms with E-state index >= 15 is 0 Å². The van der Waals surface area contributed by atoms with E-state index in [2.05, 4.69) is 20.2 Å². The van der Waals surface area contributed by atoms with Crippen LogP contribution in [0.5, 0.6) is 0 Å². The van der Waals surface area contributed by atoms with Gasteiger partial charge in [-0.1, -0.05) is 11.6 Å².